The van der Waals surface area contributed by atoms with Gasteiger partial charge in [0.25, 0.3) is 0 Å². The van der Waals surface area contributed by atoms with Crippen LogP contribution in [0.2, 0.25) is 5.02 Å². The number of aliphatic hydroxyl groups is 1. The molecule has 0 bridgehead atoms. The fraction of sp³-hybridized carbons (Fsp3) is 0.222. The summed E-state index contributed by atoms with van der Waals surface area (Å²) in [6.45, 7) is 4.02. The van der Waals surface area contributed by atoms with Crippen LogP contribution in [0.4, 0.5) is 0 Å². The van der Waals surface area contributed by atoms with Crippen LogP contribution in [0, 0.1) is 12.3 Å². The molecular weight excluding hydrogens is 268 g/mol. The third kappa shape index (κ3) is 3.22. The van der Waals surface area contributed by atoms with Gasteiger partial charge in [0.2, 0.25) is 0 Å². The van der Waals surface area contributed by atoms with Crippen molar-refractivity contribution in [3.63, 3.8) is 0 Å². The van der Waals surface area contributed by atoms with E-state index in [1.54, 1.807) is 6.07 Å². The Bertz CT molecular complexity index is 619. The van der Waals surface area contributed by atoms with Crippen LogP contribution in [0.15, 0.2) is 54.7 Å². The predicted molar refractivity (Wildman–Crippen MR) is 84.5 cm³/mol. The Morgan fingerprint density at radius 2 is 2.10 bits per heavy atom. The molecule has 0 saturated carbocycles. The molecule has 1 nitrogen and oxygen atoms in total. The first-order valence-corrected chi connectivity index (χ1v) is 6.93. The normalized spacial score (nSPS) is 25.9. The minimum atomic E-state index is -1.32. The number of hydrogen-bond acceptors (Lipinski definition) is 1. The molecule has 0 aromatic heterocycles. The first kappa shape index (κ1) is 14.7. The molecule has 2 rings (SSSR count). The molecule has 2 heteroatoms. The highest BCUT2D eigenvalue weighted by Crippen LogP contribution is 2.32. The predicted octanol–water partition coefficient (Wildman–Crippen LogP) is 4.17. The Kier molecular flexibility index (Phi) is 4.49. The van der Waals surface area contributed by atoms with Crippen LogP contribution in [0.5, 0.6) is 0 Å². The summed E-state index contributed by atoms with van der Waals surface area (Å²) in [5, 5.41) is 11.3. The summed E-state index contributed by atoms with van der Waals surface area (Å²) in [7, 11) is 0. The lowest BCUT2D eigenvalue weighted by atomic mass is 9.86. The fourth-order valence-electron chi connectivity index (χ4n) is 2.29. The average molecular weight is 285 g/mol. The Labute approximate surface area is 125 Å². The number of fused-ring (bicyclic) bond motifs is 1. The van der Waals surface area contributed by atoms with Crippen molar-refractivity contribution in [1.29, 1.82) is 0 Å². The van der Waals surface area contributed by atoms with Gasteiger partial charge >= 0.3 is 0 Å². The molecule has 102 valence electrons. The lowest BCUT2D eigenvalue weighted by molar-refractivity contribution is 0.103. The summed E-state index contributed by atoms with van der Waals surface area (Å²) < 4.78 is 0. The van der Waals surface area contributed by atoms with E-state index in [2.05, 4.69) is 12.5 Å². The quantitative estimate of drug-likeness (QED) is 0.709. The maximum Gasteiger partial charge on any atom is 0.154 e. The van der Waals surface area contributed by atoms with Crippen LogP contribution in [0.25, 0.3) is 0 Å². The fourth-order valence-corrected chi connectivity index (χ4v) is 2.46. The third-order valence-corrected chi connectivity index (χ3v) is 3.70. The summed E-state index contributed by atoms with van der Waals surface area (Å²) in [4.78, 5) is 0. The Morgan fingerprint density at radius 3 is 2.85 bits per heavy atom. The molecule has 0 spiro atoms. The largest absolute Gasteiger partial charge is 0.373 e. The topological polar surface area (TPSA) is 20.2 Å². The number of halogens is 1. The van der Waals surface area contributed by atoms with Crippen molar-refractivity contribution >= 4 is 11.6 Å². The summed E-state index contributed by atoms with van der Waals surface area (Å²) >= 11 is 6.06. The second-order valence-electron chi connectivity index (χ2n) is 4.96. The van der Waals surface area contributed by atoms with Gasteiger partial charge in [-0.2, -0.15) is 0 Å². The van der Waals surface area contributed by atoms with Gasteiger partial charge in [-0.1, -0.05) is 60.0 Å². The average Bonchev–Trinajstić information content (AvgIpc) is 2.46. The standard InChI is InChI=1S/C18H17ClO/c1-3-18(20)12-6-4-5-7-14(2)8-9-15-10-11-16(19)13-17(15)18/h1,4-7,10-11,13,20H,2,8-9,12H2/b6-4-,7-5-. The van der Waals surface area contributed by atoms with E-state index in [-0.39, 0.29) is 0 Å². The summed E-state index contributed by atoms with van der Waals surface area (Å²) in [6.07, 6.45) is 15.2. The number of hydrogen-bond donors (Lipinski definition) is 1. The second-order valence-corrected chi connectivity index (χ2v) is 5.39. The van der Waals surface area contributed by atoms with Crippen LogP contribution in [0.1, 0.15) is 24.0 Å². The van der Waals surface area contributed by atoms with Crippen LogP contribution >= 0.6 is 11.6 Å². The summed E-state index contributed by atoms with van der Waals surface area (Å²) in [5.41, 5.74) is 1.45. The molecule has 1 aliphatic carbocycles. The number of benzene rings is 1. The minimum absolute atomic E-state index is 0.355. The zero-order valence-electron chi connectivity index (χ0n) is 11.3. The Balaban J connectivity index is 2.53. The van der Waals surface area contributed by atoms with Crippen LogP contribution in [-0.2, 0) is 12.0 Å². The highest BCUT2D eigenvalue weighted by molar-refractivity contribution is 6.30. The van der Waals surface area contributed by atoms with Crippen molar-refractivity contribution in [1.82, 2.24) is 0 Å². The molecule has 1 N–H and O–H groups in total. The molecule has 0 aliphatic heterocycles. The lowest BCUT2D eigenvalue weighted by Crippen LogP contribution is -2.24. The smallest absolute Gasteiger partial charge is 0.154 e. The molecule has 0 heterocycles. The van der Waals surface area contributed by atoms with Gasteiger partial charge in [-0.05, 0) is 30.5 Å². The third-order valence-electron chi connectivity index (χ3n) is 3.46. The lowest BCUT2D eigenvalue weighted by Gasteiger charge is -2.24. The van der Waals surface area contributed by atoms with Crippen molar-refractivity contribution in [3.05, 3.63) is 70.8 Å². The van der Waals surface area contributed by atoms with Gasteiger partial charge in [-0.25, -0.2) is 0 Å². The molecule has 20 heavy (non-hydrogen) atoms. The van der Waals surface area contributed by atoms with E-state index in [4.69, 9.17) is 18.0 Å². The minimum Gasteiger partial charge on any atom is -0.373 e. The van der Waals surface area contributed by atoms with Gasteiger partial charge in [-0.15, -0.1) is 6.42 Å². The van der Waals surface area contributed by atoms with Crippen molar-refractivity contribution in [2.45, 2.75) is 24.9 Å². The Morgan fingerprint density at radius 1 is 1.30 bits per heavy atom. The van der Waals surface area contributed by atoms with Gasteiger partial charge < -0.3 is 5.11 Å². The molecular formula is C18H17ClO. The van der Waals surface area contributed by atoms with Crippen LogP contribution in [-0.4, -0.2) is 5.11 Å². The van der Waals surface area contributed by atoms with Crippen molar-refractivity contribution in [3.8, 4) is 12.3 Å². The second kappa shape index (κ2) is 6.13. The van der Waals surface area contributed by atoms with Crippen LogP contribution < -0.4 is 0 Å². The first-order chi connectivity index (χ1) is 9.55. The zero-order valence-corrected chi connectivity index (χ0v) is 12.0. The molecule has 1 atom stereocenters. The first-order valence-electron chi connectivity index (χ1n) is 6.55. The van der Waals surface area contributed by atoms with E-state index in [1.807, 2.05) is 36.4 Å². The van der Waals surface area contributed by atoms with E-state index in [0.29, 0.717) is 17.0 Å². The van der Waals surface area contributed by atoms with E-state index in [1.165, 1.54) is 0 Å². The number of terminal acetylenes is 1. The van der Waals surface area contributed by atoms with Gasteiger partial charge in [0, 0.05) is 17.0 Å². The molecule has 0 radical (unpaired) electrons. The van der Waals surface area contributed by atoms with E-state index in [9.17, 15) is 5.11 Å². The highest BCUT2D eigenvalue weighted by Gasteiger charge is 2.28. The van der Waals surface area contributed by atoms with Crippen molar-refractivity contribution in [2.75, 3.05) is 0 Å². The molecule has 0 amide bonds. The molecule has 1 aliphatic rings. The molecule has 0 fully saturated rings. The Hall–Kier alpha value is -1.75. The van der Waals surface area contributed by atoms with Gasteiger partial charge in [-0.3, -0.25) is 0 Å². The van der Waals surface area contributed by atoms with E-state index < -0.39 is 5.60 Å². The molecule has 0 saturated heterocycles. The summed E-state index contributed by atoms with van der Waals surface area (Å²) in [5.74, 6) is 2.51. The zero-order chi connectivity index (χ0) is 14.6. The van der Waals surface area contributed by atoms with Gasteiger partial charge in [0.1, 0.15) is 0 Å². The maximum absolute atomic E-state index is 10.7. The summed E-state index contributed by atoms with van der Waals surface area (Å²) in [6, 6.07) is 5.52. The van der Waals surface area contributed by atoms with Crippen molar-refractivity contribution in [2.24, 2.45) is 0 Å². The van der Waals surface area contributed by atoms with Crippen molar-refractivity contribution < 1.29 is 5.11 Å². The van der Waals surface area contributed by atoms with Crippen LogP contribution in [0.3, 0.4) is 0 Å². The van der Waals surface area contributed by atoms with Gasteiger partial charge in [0.15, 0.2) is 5.60 Å². The number of allylic oxidation sites excluding steroid dienone is 4. The monoisotopic (exact) mass is 284 g/mol. The molecule has 1 aromatic rings. The molecule has 1 aromatic carbocycles. The molecule has 1 unspecified atom stereocenters. The van der Waals surface area contributed by atoms with Gasteiger partial charge in [0.05, 0.1) is 0 Å². The highest BCUT2D eigenvalue weighted by atomic mass is 35.5. The van der Waals surface area contributed by atoms with E-state index in [0.717, 1.165) is 24.0 Å². The maximum atomic E-state index is 10.7. The number of aryl methyl sites for hydroxylation is 1. The number of rotatable bonds is 0. The SMILES string of the molecule is C#CC1(O)C/C=C\C=C/C(=C)CCc2ccc(Cl)cc21. The van der Waals surface area contributed by atoms with E-state index >= 15 is 0 Å².